The second-order valence-electron chi connectivity index (χ2n) is 2.85. The molecule has 1 aromatic rings. The van der Waals surface area contributed by atoms with Gasteiger partial charge in [-0.2, -0.15) is 11.8 Å². The lowest BCUT2D eigenvalue weighted by molar-refractivity contribution is 0.189. The Morgan fingerprint density at radius 2 is 1.67 bits per heavy atom. The summed E-state index contributed by atoms with van der Waals surface area (Å²) >= 11 is 1.11. The molecule has 0 saturated heterocycles. The molecule has 1 atom stereocenters. The summed E-state index contributed by atoms with van der Waals surface area (Å²) in [6, 6.07) is 0.111. The van der Waals surface area contributed by atoms with E-state index < -0.39 is 34.9 Å². The number of hydrogen-bond acceptors (Lipinski definition) is 2. The molecule has 1 N–H and O–H groups in total. The van der Waals surface area contributed by atoms with Crippen LogP contribution >= 0.6 is 11.8 Å². The van der Waals surface area contributed by atoms with Gasteiger partial charge in [0.1, 0.15) is 0 Å². The lowest BCUT2D eigenvalue weighted by Crippen LogP contribution is -2.10. The van der Waals surface area contributed by atoms with Crippen LogP contribution in [-0.2, 0) is 0 Å². The molecule has 1 nitrogen and oxygen atoms in total. The highest BCUT2D eigenvalue weighted by molar-refractivity contribution is 7.98. The Bertz CT molecular complexity index is 343. The minimum atomic E-state index is -1.56. The second kappa shape index (κ2) is 4.85. The molecule has 84 valence electrons. The molecule has 0 aliphatic carbocycles. The lowest BCUT2D eigenvalue weighted by Gasteiger charge is -2.12. The first-order valence-electron chi connectivity index (χ1n) is 3.99. The molecule has 0 bridgehead atoms. The van der Waals surface area contributed by atoms with Crippen LogP contribution in [0.1, 0.15) is 11.7 Å². The summed E-state index contributed by atoms with van der Waals surface area (Å²) in [6.07, 6.45) is 0.0273. The molecular weight excluding hydrogens is 232 g/mol. The molecule has 0 saturated carbocycles. The van der Waals surface area contributed by atoms with Crippen LogP contribution in [0.3, 0.4) is 0 Å². The Balaban J connectivity index is 3.26. The van der Waals surface area contributed by atoms with E-state index >= 15 is 0 Å². The maximum Gasteiger partial charge on any atom is 0.167 e. The minimum Gasteiger partial charge on any atom is -0.387 e. The summed E-state index contributed by atoms with van der Waals surface area (Å²) in [5, 5.41) is 9.30. The molecule has 0 aliphatic rings. The molecule has 0 spiro atoms. The van der Waals surface area contributed by atoms with Gasteiger partial charge in [-0.3, -0.25) is 0 Å². The minimum absolute atomic E-state index is 0.0449. The summed E-state index contributed by atoms with van der Waals surface area (Å²) in [6.45, 7) is 0. The van der Waals surface area contributed by atoms with Crippen LogP contribution in [0.15, 0.2) is 6.07 Å². The Labute approximate surface area is 88.1 Å². The van der Waals surface area contributed by atoms with Gasteiger partial charge < -0.3 is 5.11 Å². The van der Waals surface area contributed by atoms with Crippen molar-refractivity contribution in [3.05, 3.63) is 34.9 Å². The first-order chi connectivity index (χ1) is 6.99. The second-order valence-corrected chi connectivity index (χ2v) is 3.76. The van der Waals surface area contributed by atoms with Gasteiger partial charge >= 0.3 is 0 Å². The number of thioether (sulfide) groups is 1. The maximum absolute atomic E-state index is 13.1. The van der Waals surface area contributed by atoms with E-state index in [1.807, 2.05) is 0 Å². The lowest BCUT2D eigenvalue weighted by atomic mass is 10.1. The topological polar surface area (TPSA) is 20.2 Å². The van der Waals surface area contributed by atoms with Gasteiger partial charge in [0.25, 0.3) is 0 Å². The van der Waals surface area contributed by atoms with Crippen molar-refractivity contribution in [2.75, 3.05) is 12.0 Å². The Kier molecular flexibility index (Phi) is 3.98. The average Bonchev–Trinajstić information content (AvgIpc) is 2.16. The fraction of sp³-hybridized carbons (Fsp3) is 0.333. The van der Waals surface area contributed by atoms with Gasteiger partial charge in [0.15, 0.2) is 23.3 Å². The largest absolute Gasteiger partial charge is 0.387 e. The van der Waals surface area contributed by atoms with E-state index in [9.17, 15) is 22.7 Å². The predicted octanol–water partition coefficient (Wildman–Crippen LogP) is 2.64. The average molecular weight is 240 g/mol. The summed E-state index contributed by atoms with van der Waals surface area (Å²) in [5.74, 6) is -6.16. The molecule has 6 heteroatoms. The van der Waals surface area contributed by atoms with Crippen molar-refractivity contribution in [2.24, 2.45) is 0 Å². The van der Waals surface area contributed by atoms with E-state index in [-0.39, 0.29) is 11.8 Å². The quantitative estimate of drug-likeness (QED) is 0.647. The molecule has 1 aromatic carbocycles. The van der Waals surface area contributed by atoms with Crippen molar-refractivity contribution in [2.45, 2.75) is 6.10 Å². The Morgan fingerprint density at radius 1 is 1.20 bits per heavy atom. The van der Waals surface area contributed by atoms with Crippen LogP contribution in [0.4, 0.5) is 17.6 Å². The summed E-state index contributed by atoms with van der Waals surface area (Å²) in [4.78, 5) is 0. The van der Waals surface area contributed by atoms with Crippen molar-refractivity contribution >= 4 is 11.8 Å². The SMILES string of the molecule is CSCC(O)c1c(F)c(F)cc(F)c1F. The van der Waals surface area contributed by atoms with Crippen LogP contribution < -0.4 is 0 Å². The van der Waals surface area contributed by atoms with Crippen molar-refractivity contribution < 1.29 is 22.7 Å². The molecule has 15 heavy (non-hydrogen) atoms. The third kappa shape index (κ3) is 2.43. The van der Waals surface area contributed by atoms with Crippen molar-refractivity contribution in [1.82, 2.24) is 0 Å². The highest BCUT2D eigenvalue weighted by Crippen LogP contribution is 2.26. The molecule has 1 rings (SSSR count). The summed E-state index contributed by atoms with van der Waals surface area (Å²) in [7, 11) is 0. The van der Waals surface area contributed by atoms with Gasteiger partial charge in [-0.15, -0.1) is 0 Å². The molecule has 0 aliphatic heterocycles. The van der Waals surface area contributed by atoms with Gasteiger partial charge in [0.2, 0.25) is 0 Å². The van der Waals surface area contributed by atoms with E-state index in [0.29, 0.717) is 0 Å². The smallest absolute Gasteiger partial charge is 0.167 e. The zero-order valence-corrected chi connectivity index (χ0v) is 8.55. The molecule has 0 radical (unpaired) electrons. The summed E-state index contributed by atoms with van der Waals surface area (Å²) in [5.41, 5.74) is -0.957. The van der Waals surface area contributed by atoms with E-state index in [1.165, 1.54) is 0 Å². The third-order valence-corrected chi connectivity index (χ3v) is 2.45. The van der Waals surface area contributed by atoms with Crippen LogP contribution in [0.25, 0.3) is 0 Å². The fourth-order valence-electron chi connectivity index (χ4n) is 1.13. The zero-order chi connectivity index (χ0) is 11.6. The molecule has 0 heterocycles. The highest BCUT2D eigenvalue weighted by Gasteiger charge is 2.24. The molecule has 0 fully saturated rings. The van der Waals surface area contributed by atoms with E-state index in [0.717, 1.165) is 11.8 Å². The Morgan fingerprint density at radius 3 is 2.07 bits per heavy atom. The molecule has 0 aromatic heterocycles. The van der Waals surface area contributed by atoms with E-state index in [1.54, 1.807) is 6.26 Å². The van der Waals surface area contributed by atoms with Gasteiger partial charge in [-0.1, -0.05) is 0 Å². The van der Waals surface area contributed by atoms with Gasteiger partial charge in [0, 0.05) is 11.8 Å². The third-order valence-electron chi connectivity index (χ3n) is 1.80. The highest BCUT2D eigenvalue weighted by atomic mass is 32.2. The number of benzene rings is 1. The normalized spacial score (nSPS) is 12.9. The van der Waals surface area contributed by atoms with E-state index in [4.69, 9.17) is 0 Å². The number of hydrogen-bond donors (Lipinski definition) is 1. The monoisotopic (exact) mass is 240 g/mol. The summed E-state index contributed by atoms with van der Waals surface area (Å²) < 4.78 is 51.6. The number of halogens is 4. The predicted molar refractivity (Wildman–Crippen MR) is 49.6 cm³/mol. The maximum atomic E-state index is 13.1. The first kappa shape index (κ1) is 12.3. The van der Waals surface area contributed by atoms with Crippen LogP contribution in [-0.4, -0.2) is 17.1 Å². The van der Waals surface area contributed by atoms with Crippen molar-refractivity contribution in [3.63, 3.8) is 0 Å². The van der Waals surface area contributed by atoms with Crippen molar-refractivity contribution in [3.8, 4) is 0 Å². The van der Waals surface area contributed by atoms with Gasteiger partial charge in [-0.05, 0) is 6.26 Å². The van der Waals surface area contributed by atoms with Gasteiger partial charge in [-0.25, -0.2) is 17.6 Å². The Hall–Kier alpha value is -0.750. The fourth-order valence-corrected chi connectivity index (χ4v) is 1.61. The van der Waals surface area contributed by atoms with Gasteiger partial charge in [0.05, 0.1) is 11.7 Å². The molecule has 1 unspecified atom stereocenters. The van der Waals surface area contributed by atoms with E-state index in [2.05, 4.69) is 0 Å². The number of rotatable bonds is 3. The van der Waals surface area contributed by atoms with Crippen LogP contribution in [0, 0.1) is 23.3 Å². The first-order valence-corrected chi connectivity index (χ1v) is 5.38. The van der Waals surface area contributed by atoms with Crippen LogP contribution in [0.2, 0.25) is 0 Å². The molecular formula is C9H8F4OS. The molecule has 0 amide bonds. The standard InChI is InChI=1S/C9H8F4OS/c1-15-3-6(14)7-8(12)4(10)2-5(11)9(7)13/h2,6,14H,3H2,1H3. The number of aliphatic hydroxyl groups is 1. The number of aliphatic hydroxyl groups excluding tert-OH is 1. The van der Waals surface area contributed by atoms with Crippen molar-refractivity contribution in [1.29, 1.82) is 0 Å². The van der Waals surface area contributed by atoms with Crippen LogP contribution in [0.5, 0.6) is 0 Å². The zero-order valence-electron chi connectivity index (χ0n) is 7.73.